The van der Waals surface area contributed by atoms with Crippen molar-refractivity contribution in [2.45, 2.75) is 26.4 Å². The number of hydrogen-bond acceptors (Lipinski definition) is 7. The van der Waals surface area contributed by atoms with Gasteiger partial charge >= 0.3 is 6.09 Å². The molecule has 0 aliphatic carbocycles. The maximum Gasteiger partial charge on any atom is 0.408 e. The second-order valence-corrected chi connectivity index (χ2v) is 10.4. The van der Waals surface area contributed by atoms with Crippen LogP contribution in [0.2, 0.25) is 0 Å². The highest BCUT2D eigenvalue weighted by Gasteiger charge is 2.27. The van der Waals surface area contributed by atoms with E-state index in [0.29, 0.717) is 45.0 Å². The fourth-order valence-electron chi connectivity index (χ4n) is 4.56. The molecule has 0 radical (unpaired) electrons. The highest BCUT2D eigenvalue weighted by molar-refractivity contribution is 6.09. The summed E-state index contributed by atoms with van der Waals surface area (Å²) in [7, 11) is 4.77. The van der Waals surface area contributed by atoms with Crippen molar-refractivity contribution in [2.75, 3.05) is 39.3 Å². The van der Waals surface area contributed by atoms with Crippen LogP contribution in [0.3, 0.4) is 0 Å². The predicted molar refractivity (Wildman–Crippen MR) is 162 cm³/mol. The van der Waals surface area contributed by atoms with Crippen LogP contribution in [0.5, 0.6) is 11.5 Å². The van der Waals surface area contributed by atoms with Gasteiger partial charge in [0.05, 0.1) is 38.1 Å². The first kappa shape index (κ1) is 29.7. The Labute approximate surface area is 245 Å². The van der Waals surface area contributed by atoms with Crippen molar-refractivity contribution in [1.82, 2.24) is 5.32 Å². The van der Waals surface area contributed by atoms with E-state index in [1.54, 1.807) is 58.2 Å². The zero-order valence-corrected chi connectivity index (χ0v) is 24.5. The number of methoxy groups -OCH3 is 2. The number of hydrogen-bond donors (Lipinski definition) is 1. The van der Waals surface area contributed by atoms with Gasteiger partial charge in [0.25, 0.3) is 0 Å². The number of aliphatic imine (C=N–C) groups is 1. The van der Waals surface area contributed by atoms with E-state index in [4.69, 9.17) is 14.2 Å². The minimum Gasteiger partial charge on any atom is -0.493 e. The number of nitrogens with zero attached hydrogens (tertiary/aromatic N) is 3. The minimum atomic E-state index is -0.635. The van der Waals surface area contributed by atoms with E-state index in [0.717, 1.165) is 11.1 Å². The van der Waals surface area contributed by atoms with Crippen molar-refractivity contribution in [2.24, 2.45) is 4.99 Å². The van der Waals surface area contributed by atoms with Crippen LogP contribution in [0.4, 0.5) is 10.5 Å². The average Bonchev–Trinajstić information content (AvgIpc) is 3.10. The molecule has 2 amide bonds. The summed E-state index contributed by atoms with van der Waals surface area (Å²) < 4.78 is 16.8. The Kier molecular flexibility index (Phi) is 8.83. The molecule has 0 spiro atoms. The minimum absolute atomic E-state index is 0.00211. The number of nitrogens with one attached hydrogen (secondary N) is 1. The van der Waals surface area contributed by atoms with E-state index < -0.39 is 11.7 Å². The molecular formula is C33H32N4O5. The lowest BCUT2D eigenvalue weighted by Gasteiger charge is -2.23. The van der Waals surface area contributed by atoms with E-state index in [9.17, 15) is 14.9 Å². The molecule has 9 heteroatoms. The molecule has 0 bridgehead atoms. The van der Waals surface area contributed by atoms with Gasteiger partial charge in [-0.3, -0.25) is 9.79 Å². The van der Waals surface area contributed by atoms with Gasteiger partial charge in [-0.05, 0) is 44.0 Å². The first-order valence-corrected chi connectivity index (χ1v) is 13.2. The summed E-state index contributed by atoms with van der Waals surface area (Å²) in [5, 5.41) is 12.4. The van der Waals surface area contributed by atoms with Gasteiger partial charge in [-0.1, -0.05) is 42.2 Å². The molecule has 0 saturated heterocycles. The molecule has 1 heterocycles. The molecule has 0 atom stereocenters. The summed E-state index contributed by atoms with van der Waals surface area (Å²) in [6, 6.07) is 17.0. The number of rotatable bonds is 5. The van der Waals surface area contributed by atoms with Crippen LogP contribution in [0.1, 0.15) is 37.5 Å². The van der Waals surface area contributed by atoms with Crippen molar-refractivity contribution in [1.29, 1.82) is 5.26 Å². The Morgan fingerprint density at radius 1 is 1.07 bits per heavy atom. The van der Waals surface area contributed by atoms with Gasteiger partial charge in [0.1, 0.15) is 12.1 Å². The molecule has 214 valence electrons. The molecule has 3 aromatic carbocycles. The van der Waals surface area contributed by atoms with Gasteiger partial charge in [0, 0.05) is 41.6 Å². The quantitative estimate of drug-likeness (QED) is 0.427. The van der Waals surface area contributed by atoms with E-state index in [1.165, 1.54) is 7.11 Å². The lowest BCUT2D eigenvalue weighted by molar-refractivity contribution is -0.116. The molecule has 42 heavy (non-hydrogen) atoms. The first-order valence-electron chi connectivity index (χ1n) is 13.2. The zero-order chi connectivity index (χ0) is 30.4. The maximum atomic E-state index is 12.7. The third-order valence-electron chi connectivity index (χ3n) is 6.46. The van der Waals surface area contributed by atoms with Crippen LogP contribution in [-0.2, 0) is 9.53 Å². The monoisotopic (exact) mass is 564 g/mol. The van der Waals surface area contributed by atoms with Crippen LogP contribution < -0.4 is 19.7 Å². The number of carbonyl (C=O) groups excluding carboxylic acids is 2. The van der Waals surface area contributed by atoms with Gasteiger partial charge in [-0.15, -0.1) is 0 Å². The Morgan fingerprint density at radius 3 is 2.52 bits per heavy atom. The number of amides is 2. The molecular weight excluding hydrogens is 532 g/mol. The molecule has 1 N–H and O–H groups in total. The fraction of sp³-hybridized carbons (Fsp3) is 0.273. The Balaban J connectivity index is 1.93. The van der Waals surface area contributed by atoms with Gasteiger partial charge in [0.15, 0.2) is 11.5 Å². The standard InChI is InChI=1S/C33H32N4O5/c1-33(2,3)42-32(39)36-15-9-11-21-16-22(24-12-8-7-10-23(24)18-34)13-14-25(21)30-26-19-35-20-29(38)37(4)27(26)17-28(40-5)31(30)41-6/h7-8,10,12-14,16-17,19H,15,20H2,1-6H3,(H,36,39). The third-order valence-corrected chi connectivity index (χ3v) is 6.46. The van der Waals surface area contributed by atoms with E-state index >= 15 is 0 Å². The Morgan fingerprint density at radius 2 is 1.83 bits per heavy atom. The molecule has 9 nitrogen and oxygen atoms in total. The normalized spacial score (nSPS) is 12.3. The number of benzene rings is 3. The van der Waals surface area contributed by atoms with Crippen molar-refractivity contribution in [3.63, 3.8) is 0 Å². The number of fused-ring (bicyclic) bond motifs is 1. The van der Waals surface area contributed by atoms with Crippen LogP contribution in [0, 0.1) is 23.2 Å². The van der Waals surface area contributed by atoms with Crippen molar-refractivity contribution >= 4 is 23.9 Å². The van der Waals surface area contributed by atoms with Gasteiger partial charge in [0.2, 0.25) is 5.91 Å². The largest absolute Gasteiger partial charge is 0.493 e. The lowest BCUT2D eigenvalue weighted by Crippen LogP contribution is -2.32. The third kappa shape index (κ3) is 6.37. The van der Waals surface area contributed by atoms with Crippen LogP contribution in [0.15, 0.2) is 53.5 Å². The lowest BCUT2D eigenvalue weighted by atomic mass is 9.90. The highest BCUT2D eigenvalue weighted by atomic mass is 16.6. The van der Waals surface area contributed by atoms with E-state index in [1.807, 2.05) is 36.4 Å². The second kappa shape index (κ2) is 12.5. The smallest absolute Gasteiger partial charge is 0.408 e. The van der Waals surface area contributed by atoms with Gasteiger partial charge in [-0.2, -0.15) is 5.26 Å². The van der Waals surface area contributed by atoms with E-state index in [-0.39, 0.29) is 19.0 Å². The Hall–Kier alpha value is -5.28. The van der Waals surface area contributed by atoms with Crippen LogP contribution in [-0.4, -0.2) is 58.2 Å². The van der Waals surface area contributed by atoms with Crippen molar-refractivity contribution in [3.8, 4) is 51.7 Å². The summed E-state index contributed by atoms with van der Waals surface area (Å²) in [5.41, 5.74) is 4.64. The molecule has 0 unspecified atom stereocenters. The van der Waals surface area contributed by atoms with Crippen molar-refractivity contribution < 1.29 is 23.8 Å². The first-order chi connectivity index (χ1) is 20.1. The SMILES string of the molecule is COc1cc2c(c(-c3ccc(-c4ccccc4C#N)cc3C#CCNC(=O)OC(C)(C)C)c1OC)C=NCC(=O)N2C. The zero-order valence-electron chi connectivity index (χ0n) is 24.5. The van der Waals surface area contributed by atoms with Crippen LogP contribution in [0.25, 0.3) is 22.3 Å². The highest BCUT2D eigenvalue weighted by Crippen LogP contribution is 2.46. The summed E-state index contributed by atoms with van der Waals surface area (Å²) in [6.07, 6.45) is 1.09. The number of likely N-dealkylation sites (N-methyl/N-ethyl adjacent to an activating group) is 1. The van der Waals surface area contributed by atoms with Gasteiger partial charge < -0.3 is 24.4 Å². The molecule has 3 aromatic rings. The Bertz CT molecular complexity index is 1670. The number of anilines is 1. The summed E-state index contributed by atoms with van der Waals surface area (Å²) in [4.78, 5) is 30.7. The van der Waals surface area contributed by atoms with Crippen LogP contribution >= 0.6 is 0 Å². The fourth-order valence-corrected chi connectivity index (χ4v) is 4.56. The number of nitriles is 1. The number of carbonyl (C=O) groups is 2. The molecule has 0 saturated carbocycles. The molecule has 1 aliphatic rings. The maximum absolute atomic E-state index is 12.7. The number of alkyl carbamates (subject to hydrolysis) is 1. The summed E-state index contributed by atoms with van der Waals surface area (Å²) in [6.45, 7) is 5.40. The second-order valence-electron chi connectivity index (χ2n) is 10.4. The number of ether oxygens (including phenoxy) is 3. The number of benzodiazepines with no additional fused rings is 1. The summed E-state index contributed by atoms with van der Waals surface area (Å²) >= 11 is 0. The molecule has 0 aromatic heterocycles. The average molecular weight is 565 g/mol. The summed E-state index contributed by atoms with van der Waals surface area (Å²) in [5.74, 6) is 6.92. The molecule has 1 aliphatic heterocycles. The van der Waals surface area contributed by atoms with Crippen molar-refractivity contribution in [3.05, 3.63) is 65.2 Å². The molecule has 0 fully saturated rings. The predicted octanol–water partition coefficient (Wildman–Crippen LogP) is 5.18. The van der Waals surface area contributed by atoms with Gasteiger partial charge in [-0.25, -0.2) is 4.79 Å². The topological polar surface area (TPSA) is 113 Å². The van der Waals surface area contributed by atoms with E-state index in [2.05, 4.69) is 28.2 Å². The molecule has 4 rings (SSSR count).